The highest BCUT2D eigenvalue weighted by atomic mass is 16.1. The molecule has 2 atom stereocenters. The number of carbonyl (C=O) groups is 1. The maximum atomic E-state index is 11.4. The fourth-order valence-corrected chi connectivity index (χ4v) is 1.10. The Hall–Kier alpha value is -1.50. The average Bonchev–Trinajstić information content (AvgIpc) is 2.70. The van der Waals surface area contributed by atoms with E-state index in [1.54, 1.807) is 6.92 Å². The number of H-pyrrole nitrogens is 1. The summed E-state index contributed by atoms with van der Waals surface area (Å²) in [5, 5.41) is 16.0. The minimum Gasteiger partial charge on any atom is -0.346 e. The van der Waals surface area contributed by atoms with Crippen molar-refractivity contribution in [1.82, 2.24) is 25.9 Å². The highest BCUT2D eigenvalue weighted by Crippen LogP contribution is 2.04. The molecule has 1 rings (SSSR count). The van der Waals surface area contributed by atoms with Gasteiger partial charge in [0.2, 0.25) is 5.91 Å². The Morgan fingerprint density at radius 1 is 1.67 bits per heavy atom. The van der Waals surface area contributed by atoms with E-state index >= 15 is 0 Å². The molecule has 84 valence electrons. The van der Waals surface area contributed by atoms with Crippen LogP contribution in [-0.4, -0.2) is 32.6 Å². The van der Waals surface area contributed by atoms with Crippen molar-refractivity contribution in [2.24, 2.45) is 5.73 Å². The monoisotopic (exact) mass is 212 g/mol. The van der Waals surface area contributed by atoms with Crippen molar-refractivity contribution in [3.8, 4) is 0 Å². The Morgan fingerprint density at radius 3 is 2.93 bits per heavy atom. The lowest BCUT2D eigenvalue weighted by Gasteiger charge is -2.12. The number of hydrogen-bond acceptors (Lipinski definition) is 5. The first kappa shape index (κ1) is 11.6. The quantitative estimate of drug-likeness (QED) is 0.609. The Kier molecular flexibility index (Phi) is 4.17. The summed E-state index contributed by atoms with van der Waals surface area (Å²) in [6, 6.07) is -0.345. The number of aromatic nitrogens is 4. The number of tetrazole rings is 1. The smallest absolute Gasteiger partial charge is 0.222 e. The zero-order valence-corrected chi connectivity index (χ0v) is 8.90. The van der Waals surface area contributed by atoms with Crippen LogP contribution < -0.4 is 11.1 Å². The number of hydrogen-bond donors (Lipinski definition) is 3. The molecule has 0 aromatic carbocycles. The van der Waals surface area contributed by atoms with E-state index < -0.39 is 0 Å². The van der Waals surface area contributed by atoms with Crippen LogP contribution in [0.4, 0.5) is 0 Å². The molecular weight excluding hydrogens is 196 g/mol. The highest BCUT2D eigenvalue weighted by molar-refractivity contribution is 5.76. The summed E-state index contributed by atoms with van der Waals surface area (Å²) in [5.74, 6) is 0.370. The number of aromatic amines is 1. The summed E-state index contributed by atoms with van der Waals surface area (Å²) in [4.78, 5) is 11.4. The topological polar surface area (TPSA) is 110 Å². The Balaban J connectivity index is 2.38. The molecule has 0 radical (unpaired) electrons. The molecule has 0 saturated carbocycles. The van der Waals surface area contributed by atoms with Crippen molar-refractivity contribution in [2.45, 2.75) is 38.8 Å². The van der Waals surface area contributed by atoms with Crippen LogP contribution in [0.15, 0.2) is 0 Å². The summed E-state index contributed by atoms with van der Waals surface area (Å²) in [5.41, 5.74) is 5.66. The zero-order chi connectivity index (χ0) is 11.3. The molecule has 0 aliphatic heterocycles. The Labute approximate surface area is 87.8 Å². The molecule has 15 heavy (non-hydrogen) atoms. The number of rotatable bonds is 5. The molecule has 0 fully saturated rings. The van der Waals surface area contributed by atoms with Gasteiger partial charge in [-0.25, -0.2) is 0 Å². The van der Waals surface area contributed by atoms with Crippen molar-refractivity contribution in [3.63, 3.8) is 0 Å². The van der Waals surface area contributed by atoms with E-state index in [0.717, 1.165) is 6.42 Å². The standard InChI is InChI=1S/C8H16N6O/c1-3-6(9)4-7(15)10-5(2)8-11-13-14-12-8/h5-6H,3-4,9H2,1-2H3,(H,10,15)(H,11,12,13,14). The van der Waals surface area contributed by atoms with E-state index in [2.05, 4.69) is 25.9 Å². The number of nitrogens with one attached hydrogen (secondary N) is 2. The van der Waals surface area contributed by atoms with Gasteiger partial charge in [-0.2, -0.15) is 5.21 Å². The van der Waals surface area contributed by atoms with E-state index in [0.29, 0.717) is 12.2 Å². The van der Waals surface area contributed by atoms with Crippen LogP contribution in [0.1, 0.15) is 38.6 Å². The largest absolute Gasteiger partial charge is 0.346 e. The SMILES string of the molecule is CCC(N)CC(=O)NC(C)c1nn[nH]n1. The Bertz CT molecular complexity index is 298. The summed E-state index contributed by atoms with van der Waals surface area (Å²) < 4.78 is 0. The maximum absolute atomic E-state index is 11.4. The minimum atomic E-state index is -0.250. The van der Waals surface area contributed by atoms with E-state index in [4.69, 9.17) is 5.73 Å². The third-order valence-electron chi connectivity index (χ3n) is 2.10. The van der Waals surface area contributed by atoms with Crippen molar-refractivity contribution in [3.05, 3.63) is 5.82 Å². The van der Waals surface area contributed by atoms with Crippen LogP contribution in [-0.2, 0) is 4.79 Å². The summed E-state index contributed by atoms with van der Waals surface area (Å²) in [6.45, 7) is 3.74. The number of nitrogens with zero attached hydrogens (tertiary/aromatic N) is 3. The third-order valence-corrected chi connectivity index (χ3v) is 2.10. The van der Waals surface area contributed by atoms with Gasteiger partial charge >= 0.3 is 0 Å². The van der Waals surface area contributed by atoms with Crippen molar-refractivity contribution < 1.29 is 4.79 Å². The molecule has 0 saturated heterocycles. The summed E-state index contributed by atoms with van der Waals surface area (Å²) >= 11 is 0. The van der Waals surface area contributed by atoms with E-state index in [-0.39, 0.29) is 18.0 Å². The van der Waals surface area contributed by atoms with E-state index in [9.17, 15) is 4.79 Å². The fraction of sp³-hybridized carbons (Fsp3) is 0.750. The molecule has 7 heteroatoms. The molecule has 0 spiro atoms. The van der Waals surface area contributed by atoms with Gasteiger partial charge in [0.25, 0.3) is 0 Å². The lowest BCUT2D eigenvalue weighted by atomic mass is 10.1. The average molecular weight is 212 g/mol. The predicted octanol–water partition coefficient (Wildman–Crippen LogP) is -0.496. The van der Waals surface area contributed by atoms with Crippen LogP contribution in [0.25, 0.3) is 0 Å². The highest BCUT2D eigenvalue weighted by Gasteiger charge is 2.14. The molecule has 1 aromatic rings. The second kappa shape index (κ2) is 5.40. The van der Waals surface area contributed by atoms with Gasteiger partial charge in [0, 0.05) is 12.5 Å². The van der Waals surface area contributed by atoms with Crippen molar-refractivity contribution >= 4 is 5.91 Å². The normalized spacial score (nSPS) is 14.6. The molecule has 0 aliphatic rings. The minimum absolute atomic E-state index is 0.0949. The van der Waals surface area contributed by atoms with Gasteiger partial charge in [-0.3, -0.25) is 4.79 Å². The van der Waals surface area contributed by atoms with Crippen LogP contribution in [0, 0.1) is 0 Å². The van der Waals surface area contributed by atoms with Crippen molar-refractivity contribution in [2.75, 3.05) is 0 Å². The van der Waals surface area contributed by atoms with Crippen LogP contribution >= 0.6 is 0 Å². The third kappa shape index (κ3) is 3.62. The predicted molar refractivity (Wildman–Crippen MR) is 53.6 cm³/mol. The van der Waals surface area contributed by atoms with Gasteiger partial charge in [0.1, 0.15) is 0 Å². The number of carbonyl (C=O) groups excluding carboxylic acids is 1. The second-order valence-electron chi connectivity index (χ2n) is 3.43. The molecule has 1 amide bonds. The van der Waals surface area contributed by atoms with Gasteiger partial charge in [0.05, 0.1) is 6.04 Å². The molecule has 7 nitrogen and oxygen atoms in total. The molecular formula is C8H16N6O. The maximum Gasteiger partial charge on any atom is 0.222 e. The molecule has 0 bridgehead atoms. The van der Waals surface area contributed by atoms with Gasteiger partial charge in [-0.1, -0.05) is 12.1 Å². The van der Waals surface area contributed by atoms with Gasteiger partial charge < -0.3 is 11.1 Å². The van der Waals surface area contributed by atoms with Gasteiger partial charge in [0.15, 0.2) is 5.82 Å². The molecule has 0 aliphatic carbocycles. The van der Waals surface area contributed by atoms with E-state index in [1.165, 1.54) is 0 Å². The first-order chi connectivity index (χ1) is 7.13. The molecule has 1 aromatic heterocycles. The van der Waals surface area contributed by atoms with Crippen molar-refractivity contribution in [1.29, 1.82) is 0 Å². The molecule has 2 unspecified atom stereocenters. The van der Waals surface area contributed by atoms with Gasteiger partial charge in [-0.15, -0.1) is 10.2 Å². The number of nitrogens with two attached hydrogens (primary N) is 1. The van der Waals surface area contributed by atoms with Gasteiger partial charge in [-0.05, 0) is 13.3 Å². The van der Waals surface area contributed by atoms with Crippen LogP contribution in [0.2, 0.25) is 0 Å². The lowest BCUT2D eigenvalue weighted by Crippen LogP contribution is -2.33. The molecule has 4 N–H and O–H groups in total. The lowest BCUT2D eigenvalue weighted by molar-refractivity contribution is -0.122. The second-order valence-corrected chi connectivity index (χ2v) is 3.43. The zero-order valence-electron chi connectivity index (χ0n) is 8.90. The van der Waals surface area contributed by atoms with Crippen LogP contribution in [0.5, 0.6) is 0 Å². The summed E-state index contributed by atoms with van der Waals surface area (Å²) in [7, 11) is 0. The summed E-state index contributed by atoms with van der Waals surface area (Å²) in [6.07, 6.45) is 1.10. The number of amides is 1. The first-order valence-corrected chi connectivity index (χ1v) is 4.91. The fourth-order valence-electron chi connectivity index (χ4n) is 1.10. The Morgan fingerprint density at radius 2 is 2.40 bits per heavy atom. The van der Waals surface area contributed by atoms with Crippen LogP contribution in [0.3, 0.4) is 0 Å². The van der Waals surface area contributed by atoms with E-state index in [1.807, 2.05) is 6.92 Å². The molecule has 1 heterocycles. The first-order valence-electron chi connectivity index (χ1n) is 4.91.